The maximum atomic E-state index is 13.1. The summed E-state index contributed by atoms with van der Waals surface area (Å²) >= 11 is 0. The Morgan fingerprint density at radius 1 is 1.03 bits per heavy atom. The molecule has 0 spiro atoms. The third-order valence-corrected chi connectivity index (χ3v) is 4.94. The highest BCUT2D eigenvalue weighted by Gasteiger charge is 2.28. The van der Waals surface area contributed by atoms with E-state index >= 15 is 0 Å². The van der Waals surface area contributed by atoms with Gasteiger partial charge in [-0.1, -0.05) is 12.1 Å². The summed E-state index contributed by atoms with van der Waals surface area (Å²) < 4.78 is 54.7. The van der Waals surface area contributed by atoms with E-state index in [0.29, 0.717) is 12.1 Å². The minimum Gasteiger partial charge on any atom is -0.484 e. The number of amides is 1. The van der Waals surface area contributed by atoms with Gasteiger partial charge in [-0.2, -0.15) is 13.2 Å². The average Bonchev–Trinajstić information content (AvgIpc) is 2.97. The summed E-state index contributed by atoms with van der Waals surface area (Å²) in [5.41, 5.74) is 1.62. The third-order valence-electron chi connectivity index (χ3n) is 4.94. The molecule has 1 amide bonds. The Morgan fingerprint density at radius 3 is 2.55 bits per heavy atom. The molecule has 1 aliphatic rings. The van der Waals surface area contributed by atoms with Gasteiger partial charge in [0, 0.05) is 38.4 Å². The van der Waals surface area contributed by atoms with E-state index in [-0.39, 0.29) is 30.6 Å². The van der Waals surface area contributed by atoms with Crippen molar-refractivity contribution in [1.82, 2.24) is 10.2 Å². The number of benzene rings is 2. The van der Waals surface area contributed by atoms with Gasteiger partial charge in [0.1, 0.15) is 11.6 Å². The molecule has 1 fully saturated rings. The zero-order chi connectivity index (χ0) is 22.3. The number of hydrogen-bond donors (Lipinski definition) is 1. The monoisotopic (exact) mass is 439 g/mol. The van der Waals surface area contributed by atoms with Gasteiger partial charge in [0.15, 0.2) is 6.61 Å². The molecule has 31 heavy (non-hydrogen) atoms. The summed E-state index contributed by atoms with van der Waals surface area (Å²) in [6.07, 6.45) is -3.52. The normalized spacial score (nSPS) is 15.4. The fourth-order valence-electron chi connectivity index (χ4n) is 3.41. The first-order valence-corrected chi connectivity index (χ1v) is 10.1. The quantitative estimate of drug-likeness (QED) is 0.670. The van der Waals surface area contributed by atoms with Crippen LogP contribution in [0.25, 0.3) is 0 Å². The van der Waals surface area contributed by atoms with Crippen LogP contribution in [0.4, 0.5) is 23.2 Å². The number of carbonyl (C=O) groups is 1. The number of carbonyl (C=O) groups excluding carboxylic acids is 1. The van der Waals surface area contributed by atoms with Crippen LogP contribution in [0.1, 0.15) is 12.0 Å². The highest BCUT2D eigenvalue weighted by Crippen LogP contribution is 2.20. The molecule has 0 bridgehead atoms. The van der Waals surface area contributed by atoms with Gasteiger partial charge >= 0.3 is 6.18 Å². The molecule has 0 aromatic heterocycles. The number of hydrogen-bond acceptors (Lipinski definition) is 4. The van der Waals surface area contributed by atoms with Gasteiger partial charge in [-0.3, -0.25) is 9.69 Å². The van der Waals surface area contributed by atoms with Crippen LogP contribution in [-0.2, 0) is 11.3 Å². The number of nitrogens with zero attached hydrogens (tertiary/aromatic N) is 2. The van der Waals surface area contributed by atoms with E-state index in [1.54, 1.807) is 24.3 Å². The van der Waals surface area contributed by atoms with Crippen LogP contribution < -0.4 is 15.0 Å². The van der Waals surface area contributed by atoms with E-state index in [2.05, 4.69) is 15.1 Å². The maximum absolute atomic E-state index is 13.1. The molecule has 0 unspecified atom stereocenters. The molecule has 2 aromatic rings. The van der Waals surface area contributed by atoms with Gasteiger partial charge in [0.2, 0.25) is 5.91 Å². The van der Waals surface area contributed by atoms with Crippen molar-refractivity contribution < 1.29 is 27.1 Å². The number of ether oxygens (including phenoxy) is 1. The highest BCUT2D eigenvalue weighted by atomic mass is 19.4. The van der Waals surface area contributed by atoms with Crippen LogP contribution >= 0.6 is 0 Å². The largest absolute Gasteiger partial charge is 0.484 e. The van der Waals surface area contributed by atoms with Crippen molar-refractivity contribution >= 4 is 11.6 Å². The third kappa shape index (κ3) is 7.75. The Morgan fingerprint density at radius 2 is 1.81 bits per heavy atom. The summed E-state index contributed by atoms with van der Waals surface area (Å²) in [5, 5.41) is 2.80. The summed E-state index contributed by atoms with van der Waals surface area (Å²) in [4.78, 5) is 16.6. The van der Waals surface area contributed by atoms with Crippen LogP contribution in [0.2, 0.25) is 0 Å². The van der Waals surface area contributed by atoms with Crippen molar-refractivity contribution in [2.24, 2.45) is 0 Å². The Balaban J connectivity index is 1.44. The van der Waals surface area contributed by atoms with E-state index < -0.39 is 12.8 Å². The van der Waals surface area contributed by atoms with E-state index in [1.807, 2.05) is 0 Å². The van der Waals surface area contributed by atoms with Crippen molar-refractivity contribution in [3.63, 3.8) is 0 Å². The molecular weight excluding hydrogens is 414 g/mol. The van der Waals surface area contributed by atoms with Crippen LogP contribution in [0, 0.1) is 5.82 Å². The van der Waals surface area contributed by atoms with Crippen LogP contribution in [0.15, 0.2) is 48.5 Å². The lowest BCUT2D eigenvalue weighted by molar-refractivity contribution is -0.153. The molecule has 1 saturated heterocycles. The van der Waals surface area contributed by atoms with Gasteiger partial charge < -0.3 is 15.0 Å². The molecule has 0 atom stereocenters. The number of halogens is 4. The lowest BCUT2D eigenvalue weighted by Gasteiger charge is -2.23. The molecule has 1 aliphatic heterocycles. The van der Waals surface area contributed by atoms with Crippen LogP contribution in [0.5, 0.6) is 5.75 Å². The zero-order valence-electron chi connectivity index (χ0n) is 17.0. The number of anilines is 1. The second-order valence-corrected chi connectivity index (χ2v) is 7.42. The van der Waals surface area contributed by atoms with Gasteiger partial charge in [-0.15, -0.1) is 0 Å². The SMILES string of the molecule is O=C(CN1CCCN(c2ccc(F)cc2)CC1)NCc1cccc(OCC(F)(F)F)c1. The summed E-state index contributed by atoms with van der Waals surface area (Å²) in [6, 6.07) is 12.6. The molecule has 168 valence electrons. The molecule has 9 heteroatoms. The minimum absolute atomic E-state index is 0.109. The van der Waals surface area contributed by atoms with Crippen molar-refractivity contribution in [2.45, 2.75) is 19.1 Å². The van der Waals surface area contributed by atoms with Crippen molar-refractivity contribution in [3.8, 4) is 5.75 Å². The van der Waals surface area contributed by atoms with E-state index in [9.17, 15) is 22.4 Å². The molecule has 0 aliphatic carbocycles. The Kier molecular flexibility index (Phi) is 7.73. The van der Waals surface area contributed by atoms with Gasteiger partial charge in [-0.05, 0) is 48.4 Å². The Bertz CT molecular complexity index is 859. The highest BCUT2D eigenvalue weighted by molar-refractivity contribution is 5.78. The second kappa shape index (κ2) is 10.5. The number of rotatable bonds is 7. The Hall–Kier alpha value is -2.81. The standard InChI is InChI=1S/C22H25F4N3O2/c23-18-5-7-19(8-6-18)29-10-2-9-28(11-12-29)15-21(30)27-14-17-3-1-4-20(13-17)31-16-22(24,25)26/h1,3-8,13H,2,9-12,14-16H2,(H,27,30). The van der Waals surface area contributed by atoms with E-state index in [1.165, 1.54) is 24.3 Å². The van der Waals surface area contributed by atoms with Gasteiger partial charge in [0.05, 0.1) is 6.54 Å². The molecule has 1 N–H and O–H groups in total. The van der Waals surface area contributed by atoms with Gasteiger partial charge in [-0.25, -0.2) is 4.39 Å². The summed E-state index contributed by atoms with van der Waals surface area (Å²) in [5.74, 6) is -0.316. The van der Waals surface area contributed by atoms with Crippen molar-refractivity contribution in [2.75, 3.05) is 44.2 Å². The molecule has 1 heterocycles. The van der Waals surface area contributed by atoms with E-state index in [4.69, 9.17) is 4.74 Å². The summed E-state index contributed by atoms with van der Waals surface area (Å²) in [6.45, 7) is 2.12. The molecule has 2 aromatic carbocycles. The lowest BCUT2D eigenvalue weighted by Crippen LogP contribution is -2.39. The minimum atomic E-state index is -4.40. The zero-order valence-corrected chi connectivity index (χ0v) is 17.0. The van der Waals surface area contributed by atoms with Crippen LogP contribution in [-0.4, -0.2) is 56.3 Å². The van der Waals surface area contributed by atoms with E-state index in [0.717, 1.165) is 31.7 Å². The molecular formula is C22H25F4N3O2. The molecule has 0 saturated carbocycles. The van der Waals surface area contributed by atoms with Crippen LogP contribution in [0.3, 0.4) is 0 Å². The smallest absolute Gasteiger partial charge is 0.422 e. The first kappa shape index (κ1) is 22.9. The Labute approximate surface area is 178 Å². The molecule has 5 nitrogen and oxygen atoms in total. The topological polar surface area (TPSA) is 44.8 Å². The van der Waals surface area contributed by atoms with Gasteiger partial charge in [0.25, 0.3) is 0 Å². The number of alkyl halides is 3. The second-order valence-electron chi connectivity index (χ2n) is 7.42. The average molecular weight is 439 g/mol. The summed E-state index contributed by atoms with van der Waals surface area (Å²) in [7, 11) is 0. The fraction of sp³-hybridized carbons (Fsp3) is 0.409. The predicted octanol–water partition coefficient (Wildman–Crippen LogP) is 3.60. The predicted molar refractivity (Wildman–Crippen MR) is 110 cm³/mol. The molecule has 0 radical (unpaired) electrons. The number of nitrogens with one attached hydrogen (secondary N) is 1. The first-order chi connectivity index (χ1) is 14.8. The molecule has 3 rings (SSSR count). The maximum Gasteiger partial charge on any atom is 0.422 e. The van der Waals surface area contributed by atoms with Crippen molar-refractivity contribution in [3.05, 3.63) is 59.9 Å². The first-order valence-electron chi connectivity index (χ1n) is 10.1. The van der Waals surface area contributed by atoms with Crippen molar-refractivity contribution in [1.29, 1.82) is 0 Å². The lowest BCUT2D eigenvalue weighted by atomic mass is 10.2. The fourth-order valence-corrected chi connectivity index (χ4v) is 3.41.